The number of benzene rings is 2. The number of alkyl carbamates (subject to hydrolysis) is 1. The maximum Gasteiger partial charge on any atom is 0.407 e. The van der Waals surface area contributed by atoms with Crippen LogP contribution in [-0.2, 0) is 22.5 Å². The summed E-state index contributed by atoms with van der Waals surface area (Å²) in [6.45, 7) is 2.52. The summed E-state index contributed by atoms with van der Waals surface area (Å²) >= 11 is 0. The van der Waals surface area contributed by atoms with Crippen molar-refractivity contribution in [1.29, 1.82) is 0 Å². The lowest BCUT2D eigenvalue weighted by molar-refractivity contribution is 0.0469. The minimum Gasteiger partial charge on any atom is -0.445 e. The molecule has 0 aromatic heterocycles. The predicted molar refractivity (Wildman–Crippen MR) is 94.1 cm³/mol. The highest BCUT2D eigenvalue weighted by Crippen LogP contribution is 2.32. The molecule has 3 rings (SSSR count). The first-order chi connectivity index (χ1) is 12.1. The van der Waals surface area contributed by atoms with Crippen molar-refractivity contribution in [3.63, 3.8) is 0 Å². The average molecular weight is 341 g/mol. The van der Waals surface area contributed by atoms with E-state index in [1.165, 1.54) is 0 Å². The number of hydrogen-bond acceptors (Lipinski definition) is 4. The van der Waals surface area contributed by atoms with Gasteiger partial charge in [-0.05, 0) is 24.5 Å². The summed E-state index contributed by atoms with van der Waals surface area (Å²) in [5.74, 6) is 0. The number of ether oxygens (including phenoxy) is 2. The maximum absolute atomic E-state index is 12.2. The van der Waals surface area contributed by atoms with Crippen molar-refractivity contribution in [1.82, 2.24) is 5.32 Å². The Labute approximate surface area is 147 Å². The largest absolute Gasteiger partial charge is 0.445 e. The van der Waals surface area contributed by atoms with E-state index in [2.05, 4.69) is 5.32 Å². The summed E-state index contributed by atoms with van der Waals surface area (Å²) in [6, 6.07) is 18.7. The number of aliphatic hydroxyl groups is 1. The fraction of sp³-hybridized carbons (Fsp3) is 0.350. The summed E-state index contributed by atoms with van der Waals surface area (Å²) in [6.07, 6.45) is -0.855. The first kappa shape index (κ1) is 17.5. The SMILES string of the molecule is C[C@]1(C(O)[C@H](Cc2ccccc2)NC(=O)OCc2ccccc2)CO1. The number of rotatable bonds is 7. The van der Waals surface area contributed by atoms with E-state index in [0.29, 0.717) is 13.0 Å². The molecule has 0 aliphatic carbocycles. The predicted octanol–water partition coefficient (Wildman–Crippen LogP) is 2.67. The summed E-state index contributed by atoms with van der Waals surface area (Å²) in [4.78, 5) is 12.2. The number of aliphatic hydroxyl groups excluding tert-OH is 1. The Morgan fingerprint density at radius 2 is 1.72 bits per heavy atom. The Hall–Kier alpha value is -2.37. The Morgan fingerprint density at radius 3 is 2.28 bits per heavy atom. The van der Waals surface area contributed by atoms with Crippen LogP contribution in [0.1, 0.15) is 18.1 Å². The highest BCUT2D eigenvalue weighted by Gasteiger charge is 2.50. The van der Waals surface area contributed by atoms with Crippen LogP contribution in [0, 0.1) is 0 Å². The number of carbonyl (C=O) groups excluding carboxylic acids is 1. The van der Waals surface area contributed by atoms with Gasteiger partial charge in [-0.1, -0.05) is 60.7 Å². The van der Waals surface area contributed by atoms with Crippen LogP contribution in [-0.4, -0.2) is 35.6 Å². The van der Waals surface area contributed by atoms with Crippen molar-refractivity contribution in [3.8, 4) is 0 Å². The zero-order chi connectivity index (χ0) is 17.7. The van der Waals surface area contributed by atoms with E-state index in [-0.39, 0.29) is 6.61 Å². The fourth-order valence-corrected chi connectivity index (χ4v) is 2.74. The normalized spacial score (nSPS) is 21.2. The third kappa shape index (κ3) is 4.81. The van der Waals surface area contributed by atoms with E-state index in [4.69, 9.17) is 9.47 Å². The van der Waals surface area contributed by atoms with Crippen molar-refractivity contribution in [2.75, 3.05) is 6.61 Å². The first-order valence-electron chi connectivity index (χ1n) is 8.40. The van der Waals surface area contributed by atoms with Crippen molar-refractivity contribution >= 4 is 6.09 Å². The third-order valence-electron chi connectivity index (χ3n) is 4.42. The maximum atomic E-state index is 12.2. The fourth-order valence-electron chi connectivity index (χ4n) is 2.74. The molecule has 1 heterocycles. The monoisotopic (exact) mass is 341 g/mol. The molecule has 1 amide bonds. The van der Waals surface area contributed by atoms with Crippen LogP contribution >= 0.6 is 0 Å². The molecule has 1 unspecified atom stereocenters. The Balaban J connectivity index is 1.61. The van der Waals surface area contributed by atoms with E-state index < -0.39 is 23.8 Å². The number of carbonyl (C=O) groups is 1. The van der Waals surface area contributed by atoms with Crippen LogP contribution in [0.2, 0.25) is 0 Å². The smallest absolute Gasteiger partial charge is 0.407 e. The van der Waals surface area contributed by atoms with Gasteiger partial charge in [0.1, 0.15) is 18.3 Å². The van der Waals surface area contributed by atoms with E-state index in [0.717, 1.165) is 11.1 Å². The van der Waals surface area contributed by atoms with Gasteiger partial charge in [0.05, 0.1) is 12.6 Å². The standard InChI is InChI=1S/C20H23NO4/c1-20(14-25-20)18(22)17(12-15-8-4-2-5-9-15)21-19(23)24-13-16-10-6-3-7-11-16/h2-11,17-18,22H,12-14H2,1H3,(H,21,23)/t17-,18?,20+/m0/s1. The minimum atomic E-state index is -0.808. The molecule has 2 aromatic rings. The molecule has 2 N–H and O–H groups in total. The molecule has 1 aliphatic rings. The van der Waals surface area contributed by atoms with Gasteiger partial charge in [0, 0.05) is 0 Å². The van der Waals surface area contributed by atoms with Crippen molar-refractivity contribution in [2.45, 2.75) is 37.7 Å². The van der Waals surface area contributed by atoms with E-state index in [1.54, 1.807) is 0 Å². The van der Waals surface area contributed by atoms with Gasteiger partial charge in [-0.3, -0.25) is 0 Å². The summed E-state index contributed by atoms with van der Waals surface area (Å²) in [7, 11) is 0. The molecule has 3 atom stereocenters. The lowest BCUT2D eigenvalue weighted by Crippen LogP contribution is -2.50. The molecular weight excluding hydrogens is 318 g/mol. The number of hydrogen-bond donors (Lipinski definition) is 2. The average Bonchev–Trinajstić information content (AvgIpc) is 3.39. The van der Waals surface area contributed by atoms with Crippen molar-refractivity contribution < 1.29 is 19.4 Å². The van der Waals surface area contributed by atoms with Crippen LogP contribution in [0.4, 0.5) is 4.79 Å². The van der Waals surface area contributed by atoms with Crippen LogP contribution in [0.15, 0.2) is 60.7 Å². The summed E-state index contributed by atoms with van der Waals surface area (Å²) in [5, 5.41) is 13.4. The topological polar surface area (TPSA) is 71.1 Å². The zero-order valence-electron chi connectivity index (χ0n) is 14.2. The van der Waals surface area contributed by atoms with Gasteiger partial charge < -0.3 is 19.9 Å². The lowest BCUT2D eigenvalue weighted by atomic mass is 9.93. The van der Waals surface area contributed by atoms with Gasteiger partial charge in [0.2, 0.25) is 0 Å². The molecule has 1 aliphatic heterocycles. The van der Waals surface area contributed by atoms with E-state index >= 15 is 0 Å². The number of amides is 1. The second kappa shape index (κ2) is 7.68. The Bertz CT molecular complexity index is 685. The van der Waals surface area contributed by atoms with Crippen molar-refractivity contribution in [2.24, 2.45) is 0 Å². The highest BCUT2D eigenvalue weighted by molar-refractivity contribution is 5.67. The molecule has 0 saturated carbocycles. The van der Waals surface area contributed by atoms with Crippen LogP contribution < -0.4 is 5.32 Å². The molecule has 1 fully saturated rings. The molecule has 0 spiro atoms. The van der Waals surface area contributed by atoms with Crippen LogP contribution in [0.3, 0.4) is 0 Å². The molecule has 1 saturated heterocycles. The summed E-state index contributed by atoms with van der Waals surface area (Å²) in [5.41, 5.74) is 1.33. The molecule has 2 aromatic carbocycles. The molecule has 5 nitrogen and oxygen atoms in total. The van der Waals surface area contributed by atoms with Gasteiger partial charge in [0.25, 0.3) is 0 Å². The van der Waals surface area contributed by atoms with Gasteiger partial charge in [-0.15, -0.1) is 0 Å². The van der Waals surface area contributed by atoms with Gasteiger partial charge in [-0.25, -0.2) is 4.79 Å². The quantitative estimate of drug-likeness (QED) is 0.760. The molecule has 25 heavy (non-hydrogen) atoms. The minimum absolute atomic E-state index is 0.189. The third-order valence-corrected chi connectivity index (χ3v) is 4.42. The van der Waals surface area contributed by atoms with Gasteiger partial charge >= 0.3 is 6.09 Å². The van der Waals surface area contributed by atoms with E-state index in [1.807, 2.05) is 67.6 Å². The first-order valence-corrected chi connectivity index (χ1v) is 8.40. The lowest BCUT2D eigenvalue weighted by Gasteiger charge is -2.26. The van der Waals surface area contributed by atoms with Crippen molar-refractivity contribution in [3.05, 3.63) is 71.8 Å². The molecule has 0 bridgehead atoms. The molecule has 5 heteroatoms. The molecule has 0 radical (unpaired) electrons. The molecular formula is C20H23NO4. The van der Waals surface area contributed by atoms with Gasteiger partial charge in [-0.2, -0.15) is 0 Å². The second-order valence-electron chi connectivity index (χ2n) is 6.55. The van der Waals surface area contributed by atoms with Gasteiger partial charge in [0.15, 0.2) is 0 Å². The Morgan fingerprint density at radius 1 is 1.16 bits per heavy atom. The number of epoxide rings is 1. The van der Waals surface area contributed by atoms with E-state index in [9.17, 15) is 9.90 Å². The summed E-state index contributed by atoms with van der Waals surface area (Å²) < 4.78 is 10.6. The van der Waals surface area contributed by atoms with Crippen LogP contribution in [0.5, 0.6) is 0 Å². The Kier molecular flexibility index (Phi) is 5.36. The molecule has 132 valence electrons. The van der Waals surface area contributed by atoms with Crippen LogP contribution in [0.25, 0.3) is 0 Å². The highest BCUT2D eigenvalue weighted by atomic mass is 16.6. The number of nitrogens with one attached hydrogen (secondary N) is 1. The second-order valence-corrected chi connectivity index (χ2v) is 6.55. The zero-order valence-corrected chi connectivity index (χ0v) is 14.2.